The molecule has 1 fully saturated rings. The topological polar surface area (TPSA) is 54.2 Å². The van der Waals surface area contributed by atoms with E-state index in [4.69, 9.17) is 4.52 Å². The first-order valence-corrected chi connectivity index (χ1v) is 8.93. The van der Waals surface area contributed by atoms with E-state index in [0.717, 1.165) is 38.0 Å². The lowest BCUT2D eigenvalue weighted by Gasteiger charge is -2.32. The van der Waals surface area contributed by atoms with Gasteiger partial charge in [0.05, 0.1) is 6.54 Å². The second kappa shape index (κ2) is 7.62. The summed E-state index contributed by atoms with van der Waals surface area (Å²) in [6.07, 6.45) is 2.14. The summed E-state index contributed by atoms with van der Waals surface area (Å²) >= 11 is 0. The Kier molecular flexibility index (Phi) is 5.49. The summed E-state index contributed by atoms with van der Waals surface area (Å²) in [5.74, 6) is 1.23. The SMILES string of the molecule is CC(C)(C)c1nc(CNC2CCN(Cc3cccc(F)c3)CC2)no1. The van der Waals surface area contributed by atoms with Gasteiger partial charge in [0.25, 0.3) is 0 Å². The first kappa shape index (κ1) is 18.0. The van der Waals surface area contributed by atoms with Crippen molar-refractivity contribution in [3.05, 3.63) is 47.4 Å². The standard InChI is InChI=1S/C19H27FN4O/c1-19(2,3)18-22-17(23-25-18)12-21-16-7-9-24(10-8-16)13-14-5-4-6-15(20)11-14/h4-6,11,16,21H,7-10,12-13H2,1-3H3. The quantitative estimate of drug-likeness (QED) is 0.900. The van der Waals surface area contributed by atoms with Crippen LogP contribution in [0.5, 0.6) is 0 Å². The van der Waals surface area contributed by atoms with Crippen LogP contribution in [0.2, 0.25) is 0 Å². The summed E-state index contributed by atoms with van der Waals surface area (Å²) in [5, 5.41) is 7.58. The van der Waals surface area contributed by atoms with E-state index in [1.807, 2.05) is 6.07 Å². The van der Waals surface area contributed by atoms with Crippen LogP contribution in [0.1, 0.15) is 50.9 Å². The van der Waals surface area contributed by atoms with E-state index in [2.05, 4.69) is 41.1 Å². The lowest BCUT2D eigenvalue weighted by molar-refractivity contribution is 0.189. The highest BCUT2D eigenvalue weighted by molar-refractivity contribution is 5.16. The minimum Gasteiger partial charge on any atom is -0.339 e. The Morgan fingerprint density at radius 2 is 2.04 bits per heavy atom. The summed E-state index contributed by atoms with van der Waals surface area (Å²) in [4.78, 5) is 6.83. The summed E-state index contributed by atoms with van der Waals surface area (Å²) in [6.45, 7) is 9.64. The molecule has 1 N–H and O–H groups in total. The third kappa shape index (κ3) is 5.09. The zero-order valence-corrected chi connectivity index (χ0v) is 15.3. The predicted molar refractivity (Wildman–Crippen MR) is 94.5 cm³/mol. The number of piperidine rings is 1. The van der Waals surface area contributed by atoms with E-state index in [0.29, 0.717) is 24.3 Å². The van der Waals surface area contributed by atoms with Crippen LogP contribution in [0.15, 0.2) is 28.8 Å². The third-order valence-corrected chi connectivity index (χ3v) is 4.54. The van der Waals surface area contributed by atoms with Crippen molar-refractivity contribution in [2.24, 2.45) is 0 Å². The van der Waals surface area contributed by atoms with Gasteiger partial charge in [0, 0.05) is 18.0 Å². The molecule has 0 bridgehead atoms. The Morgan fingerprint density at radius 3 is 2.68 bits per heavy atom. The van der Waals surface area contributed by atoms with Gasteiger partial charge in [-0.3, -0.25) is 4.90 Å². The molecule has 6 heteroatoms. The molecule has 1 aliphatic rings. The van der Waals surface area contributed by atoms with Gasteiger partial charge in [0.1, 0.15) is 5.82 Å². The molecule has 5 nitrogen and oxygen atoms in total. The smallest absolute Gasteiger partial charge is 0.232 e. The molecule has 1 saturated heterocycles. The zero-order valence-electron chi connectivity index (χ0n) is 15.3. The van der Waals surface area contributed by atoms with Crippen LogP contribution in [-0.2, 0) is 18.5 Å². The van der Waals surface area contributed by atoms with Crippen LogP contribution < -0.4 is 5.32 Å². The molecule has 0 saturated carbocycles. The lowest BCUT2D eigenvalue weighted by Crippen LogP contribution is -2.42. The largest absolute Gasteiger partial charge is 0.339 e. The second-order valence-corrected chi connectivity index (χ2v) is 7.83. The Hall–Kier alpha value is -1.79. The number of hydrogen-bond donors (Lipinski definition) is 1. The molecule has 2 aromatic rings. The number of aromatic nitrogens is 2. The molecular weight excluding hydrogens is 319 g/mol. The molecular formula is C19H27FN4O. The summed E-state index contributed by atoms with van der Waals surface area (Å²) < 4.78 is 18.6. The van der Waals surface area contributed by atoms with Gasteiger partial charge < -0.3 is 9.84 Å². The van der Waals surface area contributed by atoms with Crippen molar-refractivity contribution in [1.82, 2.24) is 20.4 Å². The van der Waals surface area contributed by atoms with Crippen molar-refractivity contribution in [3.63, 3.8) is 0 Å². The van der Waals surface area contributed by atoms with Gasteiger partial charge in [-0.25, -0.2) is 4.39 Å². The molecule has 0 unspecified atom stereocenters. The van der Waals surface area contributed by atoms with E-state index in [1.54, 1.807) is 12.1 Å². The zero-order chi connectivity index (χ0) is 17.9. The van der Waals surface area contributed by atoms with Gasteiger partial charge >= 0.3 is 0 Å². The average molecular weight is 346 g/mol. The van der Waals surface area contributed by atoms with Crippen molar-refractivity contribution in [1.29, 1.82) is 0 Å². The monoisotopic (exact) mass is 346 g/mol. The number of halogens is 1. The molecule has 1 aliphatic heterocycles. The van der Waals surface area contributed by atoms with Crippen molar-refractivity contribution in [2.45, 2.75) is 58.2 Å². The van der Waals surface area contributed by atoms with Crippen molar-refractivity contribution in [3.8, 4) is 0 Å². The molecule has 25 heavy (non-hydrogen) atoms. The van der Waals surface area contributed by atoms with Gasteiger partial charge in [0.15, 0.2) is 5.82 Å². The van der Waals surface area contributed by atoms with Crippen LogP contribution in [0.25, 0.3) is 0 Å². The fourth-order valence-electron chi connectivity index (χ4n) is 3.05. The maximum absolute atomic E-state index is 13.3. The first-order chi connectivity index (χ1) is 11.9. The van der Waals surface area contributed by atoms with E-state index < -0.39 is 0 Å². The highest BCUT2D eigenvalue weighted by Crippen LogP contribution is 2.20. The molecule has 0 amide bonds. The molecule has 1 aromatic heterocycles. The molecule has 136 valence electrons. The fourth-order valence-corrected chi connectivity index (χ4v) is 3.05. The van der Waals surface area contributed by atoms with E-state index >= 15 is 0 Å². The summed E-state index contributed by atoms with van der Waals surface area (Å²) in [7, 11) is 0. The van der Waals surface area contributed by atoms with Crippen LogP contribution in [-0.4, -0.2) is 34.2 Å². The predicted octanol–water partition coefficient (Wildman–Crippen LogP) is 3.26. The normalized spacial score (nSPS) is 17.1. The van der Waals surface area contributed by atoms with Gasteiger partial charge in [0.2, 0.25) is 5.89 Å². The number of benzene rings is 1. The number of nitrogens with zero attached hydrogens (tertiary/aromatic N) is 3. The fraction of sp³-hybridized carbons (Fsp3) is 0.579. The van der Waals surface area contributed by atoms with E-state index in [9.17, 15) is 4.39 Å². The first-order valence-electron chi connectivity index (χ1n) is 8.93. The Balaban J connectivity index is 1.43. The molecule has 0 atom stereocenters. The molecule has 2 heterocycles. The van der Waals surface area contributed by atoms with Gasteiger partial charge in [-0.1, -0.05) is 38.1 Å². The van der Waals surface area contributed by atoms with Crippen LogP contribution in [0.4, 0.5) is 4.39 Å². The number of hydrogen-bond acceptors (Lipinski definition) is 5. The molecule has 0 radical (unpaired) electrons. The van der Waals surface area contributed by atoms with Crippen molar-refractivity contribution < 1.29 is 8.91 Å². The molecule has 1 aromatic carbocycles. The summed E-state index contributed by atoms with van der Waals surface area (Å²) in [6, 6.07) is 7.32. The van der Waals surface area contributed by atoms with E-state index in [-0.39, 0.29) is 11.2 Å². The highest BCUT2D eigenvalue weighted by atomic mass is 19.1. The highest BCUT2D eigenvalue weighted by Gasteiger charge is 2.23. The Labute approximate surface area is 148 Å². The second-order valence-electron chi connectivity index (χ2n) is 7.83. The maximum atomic E-state index is 13.3. The van der Waals surface area contributed by atoms with Crippen LogP contribution >= 0.6 is 0 Å². The average Bonchev–Trinajstić information content (AvgIpc) is 3.04. The lowest BCUT2D eigenvalue weighted by atomic mass is 9.97. The van der Waals surface area contributed by atoms with Crippen molar-refractivity contribution >= 4 is 0 Å². The van der Waals surface area contributed by atoms with Crippen molar-refractivity contribution in [2.75, 3.05) is 13.1 Å². The molecule has 0 spiro atoms. The minimum atomic E-state index is -0.163. The number of likely N-dealkylation sites (tertiary alicyclic amines) is 1. The third-order valence-electron chi connectivity index (χ3n) is 4.54. The summed E-state index contributed by atoms with van der Waals surface area (Å²) in [5.41, 5.74) is 0.918. The Morgan fingerprint density at radius 1 is 1.28 bits per heavy atom. The molecule has 3 rings (SSSR count). The Bertz CT molecular complexity index is 687. The van der Waals surface area contributed by atoms with Gasteiger partial charge in [-0.2, -0.15) is 4.98 Å². The minimum absolute atomic E-state index is 0.118. The number of nitrogens with one attached hydrogen (secondary N) is 1. The van der Waals surface area contributed by atoms with Crippen LogP contribution in [0.3, 0.4) is 0 Å². The maximum Gasteiger partial charge on any atom is 0.232 e. The molecule has 0 aliphatic carbocycles. The van der Waals surface area contributed by atoms with Gasteiger partial charge in [-0.15, -0.1) is 0 Å². The number of rotatable bonds is 5. The van der Waals surface area contributed by atoms with E-state index in [1.165, 1.54) is 6.07 Å². The van der Waals surface area contributed by atoms with Crippen LogP contribution in [0, 0.1) is 5.82 Å². The van der Waals surface area contributed by atoms with Gasteiger partial charge in [-0.05, 0) is 43.6 Å².